The molecule has 2 rings (SSSR count). The Labute approximate surface area is 127 Å². The Balaban J connectivity index is 1.80. The summed E-state index contributed by atoms with van der Waals surface area (Å²) >= 11 is 0. The molecular formula is C19H25NO. The Bertz CT molecular complexity index is 609. The van der Waals surface area contributed by atoms with Crippen molar-refractivity contribution in [3.8, 4) is 0 Å². The van der Waals surface area contributed by atoms with Gasteiger partial charge in [0.25, 0.3) is 0 Å². The molecule has 0 aliphatic rings. The maximum Gasteiger partial charge on any atom is 0.0718 e. The summed E-state index contributed by atoms with van der Waals surface area (Å²) < 4.78 is 2.31. The lowest BCUT2D eigenvalue weighted by molar-refractivity contribution is 0.210. The van der Waals surface area contributed by atoms with Crippen LogP contribution in [-0.2, 0) is 6.54 Å². The van der Waals surface area contributed by atoms with E-state index in [-0.39, 0.29) is 6.10 Å². The van der Waals surface area contributed by atoms with Crippen molar-refractivity contribution in [1.29, 1.82) is 0 Å². The number of allylic oxidation sites excluding steroid dienone is 2. The van der Waals surface area contributed by atoms with E-state index in [4.69, 9.17) is 0 Å². The van der Waals surface area contributed by atoms with E-state index in [9.17, 15) is 5.11 Å². The van der Waals surface area contributed by atoms with Crippen LogP contribution in [0, 0.1) is 0 Å². The number of benzene rings is 1. The lowest BCUT2D eigenvalue weighted by Gasteiger charge is -2.06. The molecule has 0 radical (unpaired) electrons. The minimum atomic E-state index is -0.357. The average molecular weight is 283 g/mol. The summed E-state index contributed by atoms with van der Waals surface area (Å²) in [5.41, 5.74) is 2.71. The van der Waals surface area contributed by atoms with Crippen LogP contribution in [0.4, 0.5) is 0 Å². The van der Waals surface area contributed by atoms with Crippen LogP contribution in [0.2, 0.25) is 0 Å². The summed E-state index contributed by atoms with van der Waals surface area (Å²) in [5.74, 6) is 0. The van der Waals surface area contributed by atoms with E-state index in [2.05, 4.69) is 60.7 Å². The Morgan fingerprint density at radius 1 is 1.33 bits per heavy atom. The molecular weight excluding hydrogens is 258 g/mol. The average Bonchev–Trinajstić information content (AvgIpc) is 2.90. The van der Waals surface area contributed by atoms with Crippen molar-refractivity contribution in [2.45, 2.75) is 45.3 Å². The van der Waals surface area contributed by atoms with E-state index < -0.39 is 0 Å². The molecule has 2 nitrogen and oxygen atoms in total. The van der Waals surface area contributed by atoms with Gasteiger partial charge >= 0.3 is 0 Å². The highest BCUT2D eigenvalue weighted by Crippen LogP contribution is 2.16. The smallest absolute Gasteiger partial charge is 0.0718 e. The quantitative estimate of drug-likeness (QED) is 0.698. The first-order valence-electron chi connectivity index (χ1n) is 7.71. The first kappa shape index (κ1) is 15.6. The van der Waals surface area contributed by atoms with Crippen LogP contribution in [-0.4, -0.2) is 15.8 Å². The lowest BCUT2D eigenvalue weighted by atomic mass is 10.1. The van der Waals surface area contributed by atoms with Crippen LogP contribution >= 0.6 is 0 Å². The monoisotopic (exact) mass is 283 g/mol. The molecule has 2 aromatic rings. The highest BCUT2D eigenvalue weighted by molar-refractivity contribution is 5.79. The van der Waals surface area contributed by atoms with Crippen molar-refractivity contribution in [1.82, 2.24) is 4.57 Å². The van der Waals surface area contributed by atoms with E-state index in [1.54, 1.807) is 6.08 Å². The standard InChI is InChI=1S/C19H25NO/c1-3-18(21)11-6-8-16(2)9-7-14-20-15-13-17-10-4-5-12-19(17)20/h3-5,9-10,12-13,15,18,21H,1,6-8,11,14H2,2H3/b16-9+. The Morgan fingerprint density at radius 3 is 2.95 bits per heavy atom. The number of rotatable bonds is 8. The first-order valence-corrected chi connectivity index (χ1v) is 7.71. The largest absolute Gasteiger partial charge is 0.389 e. The van der Waals surface area contributed by atoms with Crippen LogP contribution in [0.25, 0.3) is 10.9 Å². The van der Waals surface area contributed by atoms with E-state index in [0.717, 1.165) is 32.2 Å². The van der Waals surface area contributed by atoms with Crippen LogP contribution in [0.1, 0.15) is 32.6 Å². The molecule has 1 atom stereocenters. The van der Waals surface area contributed by atoms with Gasteiger partial charge in [-0.1, -0.05) is 35.9 Å². The van der Waals surface area contributed by atoms with Gasteiger partial charge in [0.1, 0.15) is 0 Å². The predicted octanol–water partition coefficient (Wildman–Crippen LogP) is 4.69. The molecule has 1 heterocycles. The van der Waals surface area contributed by atoms with Crippen molar-refractivity contribution in [2.24, 2.45) is 0 Å². The van der Waals surface area contributed by atoms with E-state index in [0.29, 0.717) is 0 Å². The van der Waals surface area contributed by atoms with Crippen LogP contribution < -0.4 is 0 Å². The summed E-state index contributed by atoms with van der Waals surface area (Å²) in [4.78, 5) is 0. The van der Waals surface area contributed by atoms with Gasteiger partial charge in [0, 0.05) is 18.3 Å². The molecule has 112 valence electrons. The van der Waals surface area contributed by atoms with Crippen molar-refractivity contribution in [3.63, 3.8) is 0 Å². The van der Waals surface area contributed by atoms with Crippen LogP contribution in [0.3, 0.4) is 0 Å². The maximum absolute atomic E-state index is 9.43. The van der Waals surface area contributed by atoms with Gasteiger partial charge in [-0.25, -0.2) is 0 Å². The Kier molecular flexibility index (Phi) is 5.82. The minimum absolute atomic E-state index is 0.357. The number of hydrogen-bond acceptors (Lipinski definition) is 1. The highest BCUT2D eigenvalue weighted by Gasteiger charge is 2.00. The molecule has 0 saturated carbocycles. The predicted molar refractivity (Wildman–Crippen MR) is 90.4 cm³/mol. The molecule has 1 unspecified atom stereocenters. The number of aliphatic hydroxyl groups excluding tert-OH is 1. The third kappa shape index (κ3) is 4.61. The zero-order valence-corrected chi connectivity index (χ0v) is 12.8. The second-order valence-electron chi connectivity index (χ2n) is 5.60. The maximum atomic E-state index is 9.43. The fourth-order valence-corrected chi connectivity index (χ4v) is 2.60. The molecule has 0 aliphatic carbocycles. The normalized spacial score (nSPS) is 13.5. The third-order valence-electron chi connectivity index (χ3n) is 3.89. The molecule has 0 spiro atoms. The van der Waals surface area contributed by atoms with E-state index in [1.807, 2.05) is 0 Å². The summed E-state index contributed by atoms with van der Waals surface area (Å²) in [7, 11) is 0. The Morgan fingerprint density at radius 2 is 2.14 bits per heavy atom. The zero-order valence-electron chi connectivity index (χ0n) is 12.8. The molecule has 0 amide bonds. The second kappa shape index (κ2) is 7.84. The molecule has 0 saturated heterocycles. The molecule has 1 N–H and O–H groups in total. The van der Waals surface area contributed by atoms with Gasteiger partial charge in [-0.15, -0.1) is 6.58 Å². The van der Waals surface area contributed by atoms with Gasteiger partial charge in [0.2, 0.25) is 0 Å². The van der Waals surface area contributed by atoms with Gasteiger partial charge in [0.15, 0.2) is 0 Å². The zero-order chi connectivity index (χ0) is 15.1. The number of nitrogens with zero attached hydrogens (tertiary/aromatic N) is 1. The molecule has 21 heavy (non-hydrogen) atoms. The number of aromatic nitrogens is 1. The number of hydrogen-bond donors (Lipinski definition) is 1. The number of aliphatic hydroxyl groups is 1. The number of fused-ring (bicyclic) bond motifs is 1. The summed E-state index contributed by atoms with van der Waals surface area (Å²) in [6.45, 7) is 6.78. The van der Waals surface area contributed by atoms with Crippen LogP contribution in [0.15, 0.2) is 60.8 Å². The van der Waals surface area contributed by atoms with Gasteiger partial charge in [-0.2, -0.15) is 0 Å². The van der Waals surface area contributed by atoms with Gasteiger partial charge in [-0.3, -0.25) is 0 Å². The number of para-hydroxylation sites is 1. The summed E-state index contributed by atoms with van der Waals surface area (Å²) in [6, 6.07) is 10.7. The topological polar surface area (TPSA) is 25.2 Å². The van der Waals surface area contributed by atoms with Crippen molar-refractivity contribution >= 4 is 10.9 Å². The fraction of sp³-hybridized carbons (Fsp3) is 0.368. The SMILES string of the molecule is C=CC(O)CCC/C(C)=C/CCn1ccc2ccccc21. The molecule has 0 aliphatic heterocycles. The molecule has 0 bridgehead atoms. The van der Waals surface area contributed by atoms with Gasteiger partial charge in [0.05, 0.1) is 6.10 Å². The second-order valence-corrected chi connectivity index (χ2v) is 5.60. The molecule has 1 aromatic heterocycles. The molecule has 0 fully saturated rings. The van der Waals surface area contributed by atoms with Gasteiger partial charge < -0.3 is 9.67 Å². The Hall–Kier alpha value is -1.80. The van der Waals surface area contributed by atoms with Crippen molar-refractivity contribution < 1.29 is 5.11 Å². The minimum Gasteiger partial charge on any atom is -0.389 e. The summed E-state index contributed by atoms with van der Waals surface area (Å²) in [5, 5.41) is 10.7. The van der Waals surface area contributed by atoms with Gasteiger partial charge in [-0.05, 0) is 50.1 Å². The molecule has 1 aromatic carbocycles. The number of aryl methyl sites for hydroxylation is 1. The summed E-state index contributed by atoms with van der Waals surface area (Å²) in [6.07, 6.45) is 9.65. The molecule has 2 heteroatoms. The third-order valence-corrected chi connectivity index (χ3v) is 3.89. The first-order chi connectivity index (χ1) is 10.2. The van der Waals surface area contributed by atoms with Crippen molar-refractivity contribution in [3.05, 3.63) is 60.8 Å². The fourth-order valence-electron chi connectivity index (χ4n) is 2.60. The van der Waals surface area contributed by atoms with Crippen molar-refractivity contribution in [2.75, 3.05) is 0 Å². The van der Waals surface area contributed by atoms with E-state index in [1.165, 1.54) is 16.5 Å². The van der Waals surface area contributed by atoms with E-state index >= 15 is 0 Å². The lowest BCUT2D eigenvalue weighted by Crippen LogP contribution is -2.00. The van der Waals surface area contributed by atoms with Crippen LogP contribution in [0.5, 0.6) is 0 Å². The highest BCUT2D eigenvalue weighted by atomic mass is 16.3.